The van der Waals surface area contributed by atoms with Crippen LogP contribution in [-0.2, 0) is 4.74 Å². The van der Waals surface area contributed by atoms with Crippen LogP contribution in [0.5, 0.6) is 5.75 Å². The largest absolute Gasteiger partial charge is 0.462 e. The summed E-state index contributed by atoms with van der Waals surface area (Å²) in [7, 11) is 0. The number of benzene rings is 1. The number of hydrogen-bond acceptors (Lipinski definition) is 6. The van der Waals surface area contributed by atoms with Gasteiger partial charge >= 0.3 is 0 Å². The van der Waals surface area contributed by atoms with Crippen molar-refractivity contribution in [1.82, 2.24) is 0 Å². The van der Waals surface area contributed by atoms with Gasteiger partial charge in [-0.2, -0.15) is 0 Å². The van der Waals surface area contributed by atoms with Crippen molar-refractivity contribution in [1.29, 1.82) is 0 Å². The number of hydrogen-bond donors (Lipinski definition) is 4. The molecule has 1 aliphatic rings. The molecule has 2 rings (SSSR count). The molecule has 1 aliphatic heterocycles. The van der Waals surface area contributed by atoms with E-state index < -0.39 is 37.3 Å². The molecule has 0 radical (unpaired) electrons. The standard InChI is InChI=1S/C12H16O6/c13-6-8-9(14)10(15)11(16)12(18-8)17-7-4-2-1-3-5-7/h1-5,8-16H,6H2/t8?,9-,10?,11?,12-/m1/s1. The molecule has 0 bridgehead atoms. The maximum absolute atomic E-state index is 9.74. The number of para-hydroxylation sites is 1. The number of aliphatic hydroxyl groups excluding tert-OH is 4. The SMILES string of the molecule is OCC1O[C@@H](Oc2ccccc2)C(O)C(O)[C@@H]1O. The highest BCUT2D eigenvalue weighted by Crippen LogP contribution is 2.23. The summed E-state index contributed by atoms with van der Waals surface area (Å²) in [6.07, 6.45) is -6.28. The van der Waals surface area contributed by atoms with Gasteiger partial charge in [0.2, 0.25) is 6.29 Å². The highest BCUT2D eigenvalue weighted by Gasteiger charge is 2.44. The first-order valence-electron chi connectivity index (χ1n) is 5.65. The molecule has 1 aromatic carbocycles. The first kappa shape index (κ1) is 13.3. The van der Waals surface area contributed by atoms with E-state index in [-0.39, 0.29) is 0 Å². The van der Waals surface area contributed by atoms with Gasteiger partial charge in [-0.3, -0.25) is 0 Å². The number of aliphatic hydroxyl groups is 4. The van der Waals surface area contributed by atoms with Crippen LogP contribution >= 0.6 is 0 Å². The molecule has 1 saturated heterocycles. The Bertz CT molecular complexity index is 368. The maximum atomic E-state index is 9.74. The van der Waals surface area contributed by atoms with E-state index in [1.54, 1.807) is 30.3 Å². The fourth-order valence-corrected chi connectivity index (χ4v) is 1.80. The molecular weight excluding hydrogens is 240 g/mol. The Balaban J connectivity index is 2.08. The minimum atomic E-state index is -1.43. The topological polar surface area (TPSA) is 99.4 Å². The van der Waals surface area contributed by atoms with Gasteiger partial charge in [0.25, 0.3) is 0 Å². The summed E-state index contributed by atoms with van der Waals surface area (Å²) in [5.41, 5.74) is 0. The van der Waals surface area contributed by atoms with Crippen LogP contribution in [0.3, 0.4) is 0 Å². The van der Waals surface area contributed by atoms with Gasteiger partial charge in [0.05, 0.1) is 6.61 Å². The van der Waals surface area contributed by atoms with E-state index in [2.05, 4.69) is 0 Å². The average molecular weight is 256 g/mol. The van der Waals surface area contributed by atoms with Crippen LogP contribution in [0, 0.1) is 0 Å². The van der Waals surface area contributed by atoms with Crippen molar-refractivity contribution in [3.63, 3.8) is 0 Å². The van der Waals surface area contributed by atoms with Crippen LogP contribution in [0.4, 0.5) is 0 Å². The summed E-state index contributed by atoms with van der Waals surface area (Å²) in [6.45, 7) is -0.473. The summed E-state index contributed by atoms with van der Waals surface area (Å²) in [6, 6.07) is 8.64. The van der Waals surface area contributed by atoms with Crippen molar-refractivity contribution >= 4 is 0 Å². The summed E-state index contributed by atoms with van der Waals surface area (Å²) in [4.78, 5) is 0. The van der Waals surface area contributed by atoms with Crippen molar-refractivity contribution in [2.45, 2.75) is 30.7 Å². The van der Waals surface area contributed by atoms with E-state index in [1.165, 1.54) is 0 Å². The van der Waals surface area contributed by atoms with Crippen molar-refractivity contribution in [3.05, 3.63) is 30.3 Å². The molecule has 1 aromatic rings. The van der Waals surface area contributed by atoms with E-state index >= 15 is 0 Å². The van der Waals surface area contributed by atoms with E-state index in [4.69, 9.17) is 14.6 Å². The van der Waals surface area contributed by atoms with Crippen molar-refractivity contribution in [3.8, 4) is 5.75 Å². The molecule has 0 amide bonds. The number of ether oxygens (including phenoxy) is 2. The Hall–Kier alpha value is -1.18. The Morgan fingerprint density at radius 3 is 2.28 bits per heavy atom. The lowest BCUT2D eigenvalue weighted by Gasteiger charge is -2.39. The summed E-state index contributed by atoms with van der Waals surface area (Å²) >= 11 is 0. The summed E-state index contributed by atoms with van der Waals surface area (Å²) in [5.74, 6) is 0.460. The normalized spacial score (nSPS) is 36.3. The smallest absolute Gasteiger partial charge is 0.229 e. The minimum Gasteiger partial charge on any atom is -0.462 e. The molecule has 0 aromatic heterocycles. The first-order valence-corrected chi connectivity index (χ1v) is 5.65. The van der Waals surface area contributed by atoms with Gasteiger partial charge in [-0.1, -0.05) is 18.2 Å². The Kier molecular flexibility index (Phi) is 4.15. The zero-order valence-electron chi connectivity index (χ0n) is 9.59. The molecule has 6 heteroatoms. The molecule has 6 nitrogen and oxygen atoms in total. The highest BCUT2D eigenvalue weighted by atomic mass is 16.7. The molecule has 0 saturated carbocycles. The zero-order valence-corrected chi connectivity index (χ0v) is 9.59. The molecule has 1 fully saturated rings. The van der Waals surface area contributed by atoms with Crippen LogP contribution < -0.4 is 4.74 Å². The third-order valence-electron chi connectivity index (χ3n) is 2.84. The minimum absolute atomic E-state index is 0.460. The monoisotopic (exact) mass is 256 g/mol. The second-order valence-corrected chi connectivity index (χ2v) is 4.13. The van der Waals surface area contributed by atoms with Crippen LogP contribution in [0.15, 0.2) is 30.3 Å². The molecule has 0 spiro atoms. The molecule has 18 heavy (non-hydrogen) atoms. The van der Waals surface area contributed by atoms with Crippen molar-refractivity contribution in [2.75, 3.05) is 6.61 Å². The van der Waals surface area contributed by atoms with Gasteiger partial charge in [0.1, 0.15) is 30.2 Å². The van der Waals surface area contributed by atoms with Crippen LogP contribution in [0.25, 0.3) is 0 Å². The van der Waals surface area contributed by atoms with Gasteiger partial charge in [-0.05, 0) is 12.1 Å². The predicted octanol–water partition coefficient (Wildman–Crippen LogP) is -1.13. The molecule has 100 valence electrons. The highest BCUT2D eigenvalue weighted by molar-refractivity contribution is 5.21. The van der Waals surface area contributed by atoms with E-state index in [1.807, 2.05) is 0 Å². The Labute approximate surface area is 104 Å². The van der Waals surface area contributed by atoms with Crippen molar-refractivity contribution in [2.24, 2.45) is 0 Å². The van der Waals surface area contributed by atoms with Crippen LogP contribution in [0.2, 0.25) is 0 Å². The van der Waals surface area contributed by atoms with Crippen LogP contribution in [0.1, 0.15) is 0 Å². The van der Waals surface area contributed by atoms with Gasteiger partial charge in [0.15, 0.2) is 0 Å². The first-order chi connectivity index (χ1) is 8.63. The van der Waals surface area contributed by atoms with Gasteiger partial charge in [-0.25, -0.2) is 0 Å². The number of rotatable bonds is 3. The lowest BCUT2D eigenvalue weighted by Crippen LogP contribution is -2.60. The third kappa shape index (κ3) is 2.63. The third-order valence-corrected chi connectivity index (χ3v) is 2.84. The van der Waals surface area contributed by atoms with E-state index in [0.29, 0.717) is 5.75 Å². The molecule has 0 aliphatic carbocycles. The Morgan fingerprint density at radius 2 is 1.67 bits per heavy atom. The lowest BCUT2D eigenvalue weighted by atomic mass is 9.99. The molecule has 1 heterocycles. The van der Waals surface area contributed by atoms with Crippen LogP contribution in [-0.4, -0.2) is 57.7 Å². The second-order valence-electron chi connectivity index (χ2n) is 4.13. The second kappa shape index (κ2) is 5.64. The summed E-state index contributed by atoms with van der Waals surface area (Å²) in [5, 5.41) is 37.9. The van der Waals surface area contributed by atoms with Gasteiger partial charge in [0, 0.05) is 0 Å². The molecular formula is C12H16O6. The lowest BCUT2D eigenvalue weighted by molar-refractivity contribution is -0.277. The zero-order chi connectivity index (χ0) is 13.1. The van der Waals surface area contributed by atoms with Crippen molar-refractivity contribution < 1.29 is 29.9 Å². The fourth-order valence-electron chi connectivity index (χ4n) is 1.80. The molecule has 4 N–H and O–H groups in total. The molecule has 3 unspecified atom stereocenters. The molecule has 5 atom stereocenters. The fraction of sp³-hybridized carbons (Fsp3) is 0.500. The van der Waals surface area contributed by atoms with E-state index in [9.17, 15) is 15.3 Å². The quantitative estimate of drug-likeness (QED) is 0.546. The van der Waals surface area contributed by atoms with Gasteiger partial charge in [-0.15, -0.1) is 0 Å². The van der Waals surface area contributed by atoms with Gasteiger partial charge < -0.3 is 29.9 Å². The van der Waals surface area contributed by atoms with E-state index in [0.717, 1.165) is 0 Å². The summed E-state index contributed by atoms with van der Waals surface area (Å²) < 4.78 is 10.6. The maximum Gasteiger partial charge on any atom is 0.229 e. The average Bonchev–Trinajstić information content (AvgIpc) is 2.40. The Morgan fingerprint density at radius 1 is 1.00 bits per heavy atom. The predicted molar refractivity (Wildman–Crippen MR) is 60.8 cm³/mol.